The standard InChI is InChI=1S/C8H8F11O3P/c1-2-23(20,21)22-5(11,12)3-4(9,10)6(13,14)7(15,16)8(17,18)19/h2-3H2,1H3,(H,20,21). The van der Waals surface area contributed by atoms with Crippen molar-refractivity contribution in [1.82, 2.24) is 0 Å². The van der Waals surface area contributed by atoms with Gasteiger partial charge in [-0.2, -0.15) is 48.3 Å². The molecule has 3 nitrogen and oxygen atoms in total. The Hall–Kier alpha value is -0.620. The van der Waals surface area contributed by atoms with Gasteiger partial charge in [-0.3, -0.25) is 4.57 Å². The summed E-state index contributed by atoms with van der Waals surface area (Å²) in [6.45, 7) is 0.751. The predicted molar refractivity (Wildman–Crippen MR) is 51.9 cm³/mol. The first-order chi connectivity index (χ1) is 9.72. The van der Waals surface area contributed by atoms with E-state index in [-0.39, 0.29) is 0 Å². The van der Waals surface area contributed by atoms with Gasteiger partial charge in [-0.05, 0) is 0 Å². The van der Waals surface area contributed by atoms with Gasteiger partial charge in [0.15, 0.2) is 0 Å². The molecule has 0 aromatic rings. The molecule has 0 aromatic heterocycles. The summed E-state index contributed by atoms with van der Waals surface area (Å²) < 4.78 is 151. The van der Waals surface area contributed by atoms with E-state index in [1.807, 2.05) is 0 Å². The molecule has 15 heteroatoms. The van der Waals surface area contributed by atoms with Crippen LogP contribution in [0.15, 0.2) is 0 Å². The normalized spacial score (nSPS) is 18.0. The topological polar surface area (TPSA) is 46.5 Å². The lowest BCUT2D eigenvalue weighted by Gasteiger charge is -2.35. The van der Waals surface area contributed by atoms with Crippen LogP contribution in [-0.2, 0) is 9.09 Å². The molecule has 0 saturated carbocycles. The second-order valence-electron chi connectivity index (χ2n) is 4.21. The lowest BCUT2D eigenvalue weighted by Crippen LogP contribution is -2.62. The number of hydrogen-bond acceptors (Lipinski definition) is 2. The first-order valence-electron chi connectivity index (χ1n) is 5.33. The lowest BCUT2D eigenvalue weighted by atomic mass is 10.0. The molecule has 1 atom stereocenters. The molecule has 0 aliphatic carbocycles. The quantitative estimate of drug-likeness (QED) is 0.507. The average Bonchev–Trinajstić information content (AvgIpc) is 2.23. The average molecular weight is 392 g/mol. The van der Waals surface area contributed by atoms with E-state index in [0.717, 1.165) is 6.92 Å². The molecule has 0 radical (unpaired) electrons. The van der Waals surface area contributed by atoms with E-state index in [2.05, 4.69) is 4.52 Å². The molecule has 0 spiro atoms. The minimum absolute atomic E-state index is 0.751. The third-order valence-corrected chi connectivity index (χ3v) is 3.67. The van der Waals surface area contributed by atoms with Crippen molar-refractivity contribution < 1.29 is 62.3 Å². The molecule has 0 saturated heterocycles. The molecule has 0 amide bonds. The second kappa shape index (κ2) is 6.03. The minimum Gasteiger partial charge on any atom is -0.324 e. The Bertz CT molecular complexity index is 472. The molecule has 0 heterocycles. The van der Waals surface area contributed by atoms with Crippen LogP contribution in [0.4, 0.5) is 48.3 Å². The third-order valence-electron chi connectivity index (χ3n) is 2.31. The van der Waals surface area contributed by atoms with Crippen molar-refractivity contribution in [3.8, 4) is 0 Å². The molecular formula is C8H8F11O3P. The van der Waals surface area contributed by atoms with Crippen LogP contribution < -0.4 is 0 Å². The van der Waals surface area contributed by atoms with Gasteiger partial charge in [-0.1, -0.05) is 6.92 Å². The maximum Gasteiger partial charge on any atom is 0.460 e. The summed E-state index contributed by atoms with van der Waals surface area (Å²) >= 11 is 0. The Morgan fingerprint density at radius 2 is 1.26 bits per heavy atom. The van der Waals surface area contributed by atoms with Crippen molar-refractivity contribution in [3.63, 3.8) is 0 Å². The molecule has 1 unspecified atom stereocenters. The first kappa shape index (κ1) is 22.4. The molecule has 0 fully saturated rings. The number of rotatable bonds is 7. The van der Waals surface area contributed by atoms with Crippen LogP contribution in [0.2, 0.25) is 0 Å². The second-order valence-corrected chi connectivity index (χ2v) is 6.30. The molecular weight excluding hydrogens is 384 g/mol. The van der Waals surface area contributed by atoms with Crippen LogP contribution >= 0.6 is 7.60 Å². The maximum absolute atomic E-state index is 12.9. The van der Waals surface area contributed by atoms with E-state index in [0.29, 0.717) is 0 Å². The highest BCUT2D eigenvalue weighted by molar-refractivity contribution is 7.52. The Morgan fingerprint density at radius 1 is 0.870 bits per heavy atom. The largest absolute Gasteiger partial charge is 0.460 e. The highest BCUT2D eigenvalue weighted by Gasteiger charge is 2.82. The highest BCUT2D eigenvalue weighted by Crippen LogP contribution is 2.57. The maximum atomic E-state index is 12.9. The van der Waals surface area contributed by atoms with Gasteiger partial charge in [0.1, 0.15) is 6.42 Å². The van der Waals surface area contributed by atoms with Crippen molar-refractivity contribution >= 4 is 7.60 Å². The Labute approximate surface area is 120 Å². The summed E-state index contributed by atoms with van der Waals surface area (Å²) in [6.07, 6.45) is -17.5. The summed E-state index contributed by atoms with van der Waals surface area (Å²) in [6, 6.07) is 0. The van der Waals surface area contributed by atoms with Crippen molar-refractivity contribution in [2.75, 3.05) is 6.16 Å². The van der Waals surface area contributed by atoms with E-state index in [1.54, 1.807) is 0 Å². The van der Waals surface area contributed by atoms with Gasteiger partial charge in [-0.25, -0.2) is 4.52 Å². The van der Waals surface area contributed by atoms with E-state index in [9.17, 15) is 52.9 Å². The van der Waals surface area contributed by atoms with Gasteiger partial charge < -0.3 is 4.89 Å². The molecule has 0 rings (SSSR count). The summed E-state index contributed by atoms with van der Waals surface area (Å²) in [4.78, 5) is 8.64. The molecule has 0 bridgehead atoms. The van der Waals surface area contributed by atoms with Crippen LogP contribution in [0.1, 0.15) is 13.3 Å². The lowest BCUT2D eigenvalue weighted by molar-refractivity contribution is -0.405. The van der Waals surface area contributed by atoms with Gasteiger partial charge in [0.25, 0.3) is 0 Å². The SMILES string of the molecule is CCP(=O)(O)OC(F)(F)CC(F)(F)C(F)(F)C(F)(F)C(F)(F)F. The molecule has 0 aliphatic rings. The Morgan fingerprint density at radius 3 is 1.57 bits per heavy atom. The molecule has 0 aromatic carbocycles. The van der Waals surface area contributed by atoms with Gasteiger partial charge >= 0.3 is 37.6 Å². The zero-order valence-electron chi connectivity index (χ0n) is 10.8. The van der Waals surface area contributed by atoms with Crippen molar-refractivity contribution in [2.45, 2.75) is 43.4 Å². The zero-order valence-corrected chi connectivity index (χ0v) is 11.7. The summed E-state index contributed by atoms with van der Waals surface area (Å²) in [7, 11) is -5.24. The summed E-state index contributed by atoms with van der Waals surface area (Å²) in [5.41, 5.74) is 0. The fourth-order valence-electron chi connectivity index (χ4n) is 1.08. The van der Waals surface area contributed by atoms with E-state index in [1.165, 1.54) is 0 Å². The van der Waals surface area contributed by atoms with Gasteiger partial charge in [0.2, 0.25) is 0 Å². The van der Waals surface area contributed by atoms with Gasteiger partial charge in [-0.15, -0.1) is 0 Å². The molecule has 1 N–H and O–H groups in total. The van der Waals surface area contributed by atoms with Crippen LogP contribution in [0.5, 0.6) is 0 Å². The minimum atomic E-state index is -7.34. The van der Waals surface area contributed by atoms with Crippen molar-refractivity contribution in [3.05, 3.63) is 0 Å². The predicted octanol–water partition coefficient (Wildman–Crippen LogP) is 4.66. The van der Waals surface area contributed by atoms with E-state index in [4.69, 9.17) is 4.89 Å². The zero-order chi connectivity index (χ0) is 19.1. The number of hydrogen-bond donors (Lipinski definition) is 1. The van der Waals surface area contributed by atoms with Crippen molar-refractivity contribution in [1.29, 1.82) is 0 Å². The summed E-state index contributed by atoms with van der Waals surface area (Å²) in [5, 5.41) is 0. The number of halogens is 11. The first-order valence-corrected chi connectivity index (χ1v) is 7.09. The van der Waals surface area contributed by atoms with Gasteiger partial charge in [0, 0.05) is 6.16 Å². The fraction of sp³-hybridized carbons (Fsp3) is 1.00. The third kappa shape index (κ3) is 4.69. The smallest absolute Gasteiger partial charge is 0.324 e. The van der Waals surface area contributed by atoms with Crippen LogP contribution in [0.25, 0.3) is 0 Å². The highest BCUT2D eigenvalue weighted by atomic mass is 31.2. The van der Waals surface area contributed by atoms with E-state index >= 15 is 0 Å². The molecule has 23 heavy (non-hydrogen) atoms. The van der Waals surface area contributed by atoms with Crippen molar-refractivity contribution in [2.24, 2.45) is 0 Å². The Balaban J connectivity index is 5.60. The molecule has 0 aliphatic heterocycles. The van der Waals surface area contributed by atoms with E-state index < -0.39 is 50.2 Å². The van der Waals surface area contributed by atoms with Gasteiger partial charge in [0.05, 0.1) is 0 Å². The molecule has 140 valence electrons. The summed E-state index contributed by atoms with van der Waals surface area (Å²) in [5.74, 6) is -21.2. The monoisotopic (exact) mass is 392 g/mol. The van der Waals surface area contributed by atoms with Crippen LogP contribution in [-0.4, -0.2) is 41.1 Å². The Kier molecular flexibility index (Phi) is 5.87. The van der Waals surface area contributed by atoms with Crippen LogP contribution in [0, 0.1) is 0 Å². The number of alkyl halides is 11. The van der Waals surface area contributed by atoms with Crippen LogP contribution in [0.3, 0.4) is 0 Å². The fourth-order valence-corrected chi connectivity index (χ4v) is 1.69.